The molecule has 0 spiro atoms. The summed E-state index contributed by atoms with van der Waals surface area (Å²) in [6, 6.07) is 3.59. The van der Waals surface area contributed by atoms with Gasteiger partial charge in [-0.25, -0.2) is 4.98 Å². The molecule has 1 N–H and O–H groups in total. The van der Waals surface area contributed by atoms with Gasteiger partial charge in [-0.2, -0.15) is 0 Å². The lowest BCUT2D eigenvalue weighted by Crippen LogP contribution is -2.08. The summed E-state index contributed by atoms with van der Waals surface area (Å²) in [5, 5.41) is 10.5. The monoisotopic (exact) mass is 211 g/mol. The van der Waals surface area contributed by atoms with E-state index >= 15 is 0 Å². The maximum absolute atomic E-state index is 10.0. The zero-order chi connectivity index (χ0) is 9.97. The van der Waals surface area contributed by atoms with Gasteiger partial charge in [0, 0.05) is 6.20 Å². The summed E-state index contributed by atoms with van der Waals surface area (Å²) in [5.41, 5.74) is 0.890. The molecule has 1 aliphatic rings. The van der Waals surface area contributed by atoms with Gasteiger partial charge in [-0.05, 0) is 30.4 Å². The molecule has 1 saturated carbocycles. The Morgan fingerprint density at radius 3 is 2.64 bits per heavy atom. The van der Waals surface area contributed by atoms with Gasteiger partial charge in [0.15, 0.2) is 0 Å². The van der Waals surface area contributed by atoms with Crippen molar-refractivity contribution >= 4 is 11.6 Å². The van der Waals surface area contributed by atoms with Crippen molar-refractivity contribution in [1.29, 1.82) is 0 Å². The van der Waals surface area contributed by atoms with Crippen molar-refractivity contribution in [3.8, 4) is 0 Å². The van der Waals surface area contributed by atoms with E-state index in [1.165, 1.54) is 12.8 Å². The molecular weight excluding hydrogens is 198 g/mol. The second-order valence-electron chi connectivity index (χ2n) is 3.90. The van der Waals surface area contributed by atoms with Gasteiger partial charge >= 0.3 is 0 Å². The van der Waals surface area contributed by atoms with E-state index in [1.54, 1.807) is 12.3 Å². The fraction of sp³-hybridized carbons (Fsp3) is 0.545. The Morgan fingerprint density at radius 2 is 2.07 bits per heavy atom. The first kappa shape index (κ1) is 9.94. The third-order valence-electron chi connectivity index (χ3n) is 2.94. The van der Waals surface area contributed by atoms with Gasteiger partial charge in [0.25, 0.3) is 0 Å². The lowest BCUT2D eigenvalue weighted by atomic mass is 9.96. The lowest BCUT2D eigenvalue weighted by Gasteiger charge is -2.17. The maximum Gasteiger partial charge on any atom is 0.129 e. The Hall–Kier alpha value is -0.600. The van der Waals surface area contributed by atoms with Crippen molar-refractivity contribution in [3.05, 3.63) is 29.0 Å². The highest BCUT2D eigenvalue weighted by Gasteiger charge is 2.24. The zero-order valence-electron chi connectivity index (χ0n) is 7.99. The summed E-state index contributed by atoms with van der Waals surface area (Å²) >= 11 is 5.68. The van der Waals surface area contributed by atoms with E-state index in [0.717, 1.165) is 18.4 Å². The summed E-state index contributed by atoms with van der Waals surface area (Å²) in [7, 11) is 0. The first-order valence-corrected chi connectivity index (χ1v) is 5.44. The highest BCUT2D eigenvalue weighted by molar-refractivity contribution is 6.29. The molecule has 1 aromatic heterocycles. The molecule has 2 rings (SSSR count). The molecule has 1 aromatic rings. The highest BCUT2D eigenvalue weighted by Crippen LogP contribution is 2.35. The van der Waals surface area contributed by atoms with Crippen LogP contribution in [0.1, 0.15) is 37.4 Å². The third-order valence-corrected chi connectivity index (χ3v) is 3.16. The summed E-state index contributed by atoms with van der Waals surface area (Å²) in [4.78, 5) is 3.98. The van der Waals surface area contributed by atoms with Crippen molar-refractivity contribution in [3.63, 3.8) is 0 Å². The van der Waals surface area contributed by atoms with Crippen molar-refractivity contribution in [2.24, 2.45) is 5.92 Å². The van der Waals surface area contributed by atoms with E-state index in [4.69, 9.17) is 11.6 Å². The average Bonchev–Trinajstić information content (AvgIpc) is 2.71. The normalized spacial score (nSPS) is 19.9. The van der Waals surface area contributed by atoms with Crippen LogP contribution in [-0.4, -0.2) is 10.1 Å². The van der Waals surface area contributed by atoms with Crippen LogP contribution in [0.4, 0.5) is 0 Å². The quantitative estimate of drug-likeness (QED) is 0.763. The molecule has 0 aromatic carbocycles. The number of aromatic nitrogens is 1. The average molecular weight is 212 g/mol. The maximum atomic E-state index is 10.0. The van der Waals surface area contributed by atoms with E-state index in [2.05, 4.69) is 4.98 Å². The molecule has 1 atom stereocenters. The second kappa shape index (κ2) is 4.28. The van der Waals surface area contributed by atoms with Gasteiger partial charge in [0.05, 0.1) is 6.10 Å². The number of nitrogens with zero attached hydrogens (tertiary/aromatic N) is 1. The van der Waals surface area contributed by atoms with Crippen LogP contribution < -0.4 is 0 Å². The van der Waals surface area contributed by atoms with E-state index < -0.39 is 0 Å². The van der Waals surface area contributed by atoms with Crippen LogP contribution in [0.15, 0.2) is 18.3 Å². The van der Waals surface area contributed by atoms with E-state index in [9.17, 15) is 5.11 Å². The Balaban J connectivity index is 2.09. The smallest absolute Gasteiger partial charge is 0.129 e. The van der Waals surface area contributed by atoms with Crippen LogP contribution in [0.5, 0.6) is 0 Å². The molecule has 1 unspecified atom stereocenters. The molecule has 0 saturated heterocycles. The van der Waals surface area contributed by atoms with Gasteiger partial charge in [0.1, 0.15) is 5.15 Å². The molecule has 0 radical (unpaired) electrons. The van der Waals surface area contributed by atoms with Crippen LogP contribution >= 0.6 is 11.6 Å². The fourth-order valence-electron chi connectivity index (χ4n) is 2.11. The molecule has 1 fully saturated rings. The van der Waals surface area contributed by atoms with Crippen LogP contribution in [0.25, 0.3) is 0 Å². The van der Waals surface area contributed by atoms with Crippen molar-refractivity contribution in [1.82, 2.24) is 4.98 Å². The van der Waals surface area contributed by atoms with Crippen molar-refractivity contribution < 1.29 is 5.11 Å². The Kier molecular flexibility index (Phi) is 3.04. The summed E-state index contributed by atoms with van der Waals surface area (Å²) < 4.78 is 0. The van der Waals surface area contributed by atoms with Gasteiger partial charge in [-0.15, -0.1) is 0 Å². The first-order valence-electron chi connectivity index (χ1n) is 5.07. The van der Waals surface area contributed by atoms with Crippen molar-refractivity contribution in [2.45, 2.75) is 31.8 Å². The number of aliphatic hydroxyl groups is 1. The minimum Gasteiger partial charge on any atom is -0.388 e. The Bertz CT molecular complexity index is 293. The number of hydrogen-bond acceptors (Lipinski definition) is 2. The summed E-state index contributed by atoms with van der Waals surface area (Å²) in [5.74, 6) is 0.415. The van der Waals surface area contributed by atoms with Crippen LogP contribution in [0.3, 0.4) is 0 Å². The second-order valence-corrected chi connectivity index (χ2v) is 4.29. The first-order chi connectivity index (χ1) is 6.77. The summed E-state index contributed by atoms with van der Waals surface area (Å²) in [6.45, 7) is 0. The van der Waals surface area contributed by atoms with E-state index in [0.29, 0.717) is 11.1 Å². The van der Waals surface area contributed by atoms with Gasteiger partial charge < -0.3 is 5.11 Å². The Labute approximate surface area is 88.9 Å². The third kappa shape index (κ3) is 2.07. The molecule has 1 heterocycles. The number of hydrogen-bond donors (Lipinski definition) is 1. The van der Waals surface area contributed by atoms with Crippen LogP contribution in [0, 0.1) is 5.92 Å². The molecule has 3 heteroatoms. The molecule has 2 nitrogen and oxygen atoms in total. The van der Waals surface area contributed by atoms with Gasteiger partial charge in [0.2, 0.25) is 0 Å². The number of rotatable bonds is 2. The molecule has 0 amide bonds. The largest absolute Gasteiger partial charge is 0.388 e. The predicted molar refractivity (Wildman–Crippen MR) is 56.2 cm³/mol. The Morgan fingerprint density at radius 1 is 1.36 bits per heavy atom. The molecule has 1 aliphatic carbocycles. The van der Waals surface area contributed by atoms with Crippen LogP contribution in [-0.2, 0) is 0 Å². The topological polar surface area (TPSA) is 33.1 Å². The zero-order valence-corrected chi connectivity index (χ0v) is 8.74. The number of halogens is 1. The SMILES string of the molecule is OC(c1ccc(Cl)nc1)C1CCCC1. The minimum atomic E-state index is -0.359. The fourth-order valence-corrected chi connectivity index (χ4v) is 2.22. The lowest BCUT2D eigenvalue weighted by molar-refractivity contribution is 0.111. The van der Waals surface area contributed by atoms with Crippen molar-refractivity contribution in [2.75, 3.05) is 0 Å². The molecule has 76 valence electrons. The highest BCUT2D eigenvalue weighted by atomic mass is 35.5. The molecular formula is C11H14ClNO. The van der Waals surface area contributed by atoms with E-state index in [-0.39, 0.29) is 6.10 Å². The predicted octanol–water partition coefficient (Wildman–Crippen LogP) is 2.96. The number of pyridine rings is 1. The minimum absolute atomic E-state index is 0.359. The molecule has 0 bridgehead atoms. The standard InChI is InChI=1S/C11H14ClNO/c12-10-6-5-9(7-13-10)11(14)8-3-1-2-4-8/h5-8,11,14H,1-4H2. The molecule has 0 aliphatic heterocycles. The van der Waals surface area contributed by atoms with Gasteiger partial charge in [-0.3, -0.25) is 0 Å². The van der Waals surface area contributed by atoms with Gasteiger partial charge in [-0.1, -0.05) is 30.5 Å². The molecule has 14 heavy (non-hydrogen) atoms. The summed E-state index contributed by atoms with van der Waals surface area (Å²) in [6.07, 6.45) is 6.05. The number of aliphatic hydroxyl groups excluding tert-OH is 1. The van der Waals surface area contributed by atoms with E-state index in [1.807, 2.05) is 6.07 Å². The van der Waals surface area contributed by atoms with Crippen LogP contribution in [0.2, 0.25) is 5.15 Å².